The molecule has 0 saturated carbocycles. The fourth-order valence-electron chi connectivity index (χ4n) is 3.36. The molecule has 1 aliphatic rings. The summed E-state index contributed by atoms with van der Waals surface area (Å²) < 4.78 is 0. The summed E-state index contributed by atoms with van der Waals surface area (Å²) in [7, 11) is 0. The Kier molecular flexibility index (Phi) is 7.06. The van der Waals surface area contributed by atoms with E-state index in [1.807, 2.05) is 19.1 Å². The molecule has 2 N–H and O–H groups in total. The maximum atomic E-state index is 12.2. The number of hydrogen-bond donors (Lipinski definition) is 2. The molecule has 6 nitrogen and oxygen atoms in total. The normalized spacial score (nSPS) is 14.7. The fourth-order valence-corrected chi connectivity index (χ4v) is 4.37. The highest BCUT2D eigenvalue weighted by molar-refractivity contribution is 7.14. The predicted octanol–water partition coefficient (Wildman–Crippen LogP) is 2.59. The molecule has 3 rings (SSSR count). The number of carbonyl (C=O) groups is 2. The third-order valence-electron chi connectivity index (χ3n) is 5.03. The van der Waals surface area contributed by atoms with Crippen LogP contribution in [0.15, 0.2) is 36.4 Å². The molecule has 1 aromatic carbocycles. The number of piperazine rings is 1. The van der Waals surface area contributed by atoms with E-state index in [4.69, 9.17) is 0 Å². The average molecular weight is 401 g/mol. The lowest BCUT2D eigenvalue weighted by Crippen LogP contribution is -2.48. The number of para-hydroxylation sites is 1. The van der Waals surface area contributed by atoms with Crippen LogP contribution in [0.5, 0.6) is 0 Å². The van der Waals surface area contributed by atoms with E-state index in [1.165, 1.54) is 21.9 Å². The lowest BCUT2D eigenvalue weighted by atomic mass is 10.2. The summed E-state index contributed by atoms with van der Waals surface area (Å²) >= 11 is 1.48. The smallest absolute Gasteiger partial charge is 0.279 e. The highest BCUT2D eigenvalue weighted by atomic mass is 32.1. The van der Waals surface area contributed by atoms with Crippen LogP contribution in [0.4, 0.5) is 5.69 Å². The molecule has 0 unspecified atom stereocenters. The second-order valence-electron chi connectivity index (χ2n) is 6.99. The summed E-state index contributed by atoms with van der Waals surface area (Å²) in [5.74, 6) is -0.416. The topological polar surface area (TPSA) is 64.7 Å². The molecule has 0 atom stereocenters. The molecule has 1 aliphatic heterocycles. The van der Waals surface area contributed by atoms with Gasteiger partial charge in [0.25, 0.3) is 5.91 Å². The lowest BCUT2D eigenvalue weighted by molar-refractivity contribution is -0.122. The van der Waals surface area contributed by atoms with Gasteiger partial charge < -0.3 is 4.90 Å². The van der Waals surface area contributed by atoms with Crippen molar-refractivity contribution in [2.45, 2.75) is 26.7 Å². The first-order valence-corrected chi connectivity index (χ1v) is 10.6. The van der Waals surface area contributed by atoms with Gasteiger partial charge in [0, 0.05) is 49.7 Å². The van der Waals surface area contributed by atoms with Gasteiger partial charge in [-0.15, -0.1) is 11.3 Å². The van der Waals surface area contributed by atoms with E-state index >= 15 is 0 Å². The van der Waals surface area contributed by atoms with Gasteiger partial charge in [0.15, 0.2) is 0 Å². The number of nitrogens with one attached hydrogen (secondary N) is 2. The van der Waals surface area contributed by atoms with E-state index in [-0.39, 0.29) is 11.8 Å². The first-order chi connectivity index (χ1) is 13.6. The molecule has 2 aromatic rings. The Bertz CT molecular complexity index is 798. The van der Waals surface area contributed by atoms with Gasteiger partial charge in [0.2, 0.25) is 5.91 Å². The van der Waals surface area contributed by atoms with Crippen LogP contribution < -0.4 is 15.8 Å². The van der Waals surface area contributed by atoms with Gasteiger partial charge in [0.1, 0.15) is 0 Å². The molecule has 2 heterocycles. The van der Waals surface area contributed by atoms with Crippen molar-refractivity contribution in [2.75, 3.05) is 37.6 Å². The SMILES string of the molecule is CCc1sc(C(=O)NNC(=O)CCN2CCN(c3ccccc3)CC2)cc1C. The molecule has 0 spiro atoms. The molecule has 28 heavy (non-hydrogen) atoms. The third-order valence-corrected chi connectivity index (χ3v) is 6.41. The molecular weight excluding hydrogens is 372 g/mol. The van der Waals surface area contributed by atoms with E-state index in [9.17, 15) is 9.59 Å². The highest BCUT2D eigenvalue weighted by Crippen LogP contribution is 2.22. The van der Waals surface area contributed by atoms with Crippen molar-refractivity contribution in [1.29, 1.82) is 0 Å². The van der Waals surface area contributed by atoms with Crippen LogP contribution in [0, 0.1) is 6.92 Å². The van der Waals surface area contributed by atoms with Crippen molar-refractivity contribution in [3.8, 4) is 0 Å². The van der Waals surface area contributed by atoms with E-state index < -0.39 is 0 Å². The van der Waals surface area contributed by atoms with E-state index in [0.717, 1.165) is 38.2 Å². The van der Waals surface area contributed by atoms with Crippen molar-refractivity contribution in [1.82, 2.24) is 15.8 Å². The number of thiophene rings is 1. The lowest BCUT2D eigenvalue weighted by Gasteiger charge is -2.36. The van der Waals surface area contributed by atoms with Gasteiger partial charge in [-0.2, -0.15) is 0 Å². The zero-order chi connectivity index (χ0) is 19.9. The number of benzene rings is 1. The first kappa shape index (κ1) is 20.4. The molecule has 150 valence electrons. The Hall–Kier alpha value is -2.38. The Labute approximate surface area is 170 Å². The number of hydrazine groups is 1. The number of anilines is 1. The molecule has 7 heteroatoms. The van der Waals surface area contributed by atoms with Crippen molar-refractivity contribution in [3.05, 3.63) is 51.7 Å². The van der Waals surface area contributed by atoms with Gasteiger partial charge in [-0.05, 0) is 37.1 Å². The summed E-state index contributed by atoms with van der Waals surface area (Å²) in [6.45, 7) is 8.55. The van der Waals surface area contributed by atoms with E-state index in [2.05, 4.69) is 51.8 Å². The summed E-state index contributed by atoms with van der Waals surface area (Å²) in [6, 6.07) is 12.3. The molecule has 1 saturated heterocycles. The Morgan fingerprint density at radius 2 is 1.79 bits per heavy atom. The summed E-state index contributed by atoms with van der Waals surface area (Å²) in [4.78, 5) is 30.7. The summed E-state index contributed by atoms with van der Waals surface area (Å²) in [5, 5.41) is 0. The van der Waals surface area contributed by atoms with Crippen molar-refractivity contribution >= 4 is 28.8 Å². The molecule has 2 amide bonds. The molecule has 0 aliphatic carbocycles. The monoisotopic (exact) mass is 400 g/mol. The molecule has 0 bridgehead atoms. The number of hydrogen-bond acceptors (Lipinski definition) is 5. The second-order valence-corrected chi connectivity index (χ2v) is 8.12. The minimum atomic E-state index is -0.252. The first-order valence-electron chi connectivity index (χ1n) is 9.77. The van der Waals surface area contributed by atoms with Crippen LogP contribution >= 0.6 is 11.3 Å². The second kappa shape index (κ2) is 9.71. The van der Waals surface area contributed by atoms with Crippen LogP contribution in [-0.2, 0) is 11.2 Å². The van der Waals surface area contributed by atoms with E-state index in [1.54, 1.807) is 0 Å². The van der Waals surface area contributed by atoms with E-state index in [0.29, 0.717) is 17.8 Å². The molecule has 1 aromatic heterocycles. The highest BCUT2D eigenvalue weighted by Gasteiger charge is 2.18. The molecule has 0 radical (unpaired) electrons. The number of amides is 2. The maximum absolute atomic E-state index is 12.2. The summed E-state index contributed by atoms with van der Waals surface area (Å²) in [5.41, 5.74) is 7.43. The van der Waals surface area contributed by atoms with Crippen LogP contribution in [0.3, 0.4) is 0 Å². The molecule has 1 fully saturated rings. The minimum Gasteiger partial charge on any atom is -0.369 e. The van der Waals surface area contributed by atoms with Gasteiger partial charge in [-0.25, -0.2) is 0 Å². The standard InChI is InChI=1S/C21H28N4O2S/c1-3-18-16(2)15-19(28-18)21(27)23-22-20(26)9-10-24-11-13-25(14-12-24)17-7-5-4-6-8-17/h4-8,15H,3,9-14H2,1-2H3,(H,22,26)(H,23,27). The van der Waals surface area contributed by atoms with Gasteiger partial charge >= 0.3 is 0 Å². The maximum Gasteiger partial charge on any atom is 0.279 e. The van der Waals surface area contributed by atoms with Crippen molar-refractivity contribution < 1.29 is 9.59 Å². The fraction of sp³-hybridized carbons (Fsp3) is 0.429. The van der Waals surface area contributed by atoms with Gasteiger partial charge in [0.05, 0.1) is 4.88 Å². The van der Waals surface area contributed by atoms with Crippen LogP contribution in [0.1, 0.15) is 33.5 Å². The van der Waals surface area contributed by atoms with Crippen LogP contribution in [-0.4, -0.2) is 49.4 Å². The third kappa shape index (κ3) is 5.33. The van der Waals surface area contributed by atoms with Crippen LogP contribution in [0.25, 0.3) is 0 Å². The Morgan fingerprint density at radius 1 is 1.07 bits per heavy atom. The van der Waals surface area contributed by atoms with Crippen molar-refractivity contribution in [2.24, 2.45) is 0 Å². The van der Waals surface area contributed by atoms with Gasteiger partial charge in [-0.3, -0.25) is 25.3 Å². The van der Waals surface area contributed by atoms with Gasteiger partial charge in [-0.1, -0.05) is 25.1 Å². The molecular formula is C21H28N4O2S. The number of rotatable bonds is 6. The Morgan fingerprint density at radius 3 is 2.43 bits per heavy atom. The van der Waals surface area contributed by atoms with Crippen LogP contribution in [0.2, 0.25) is 0 Å². The minimum absolute atomic E-state index is 0.164. The largest absolute Gasteiger partial charge is 0.369 e. The number of carbonyl (C=O) groups excluding carboxylic acids is 2. The summed E-state index contributed by atoms with van der Waals surface area (Å²) in [6.07, 6.45) is 1.28. The zero-order valence-corrected chi connectivity index (χ0v) is 17.3. The quantitative estimate of drug-likeness (QED) is 0.732. The predicted molar refractivity (Wildman–Crippen MR) is 114 cm³/mol. The Balaban J connectivity index is 1.36. The zero-order valence-electron chi connectivity index (χ0n) is 16.5. The number of nitrogens with zero attached hydrogens (tertiary/aromatic N) is 2. The van der Waals surface area contributed by atoms with Crippen molar-refractivity contribution in [3.63, 3.8) is 0 Å². The average Bonchev–Trinajstić information content (AvgIpc) is 3.12. The number of aryl methyl sites for hydroxylation is 2.